The lowest BCUT2D eigenvalue weighted by Gasteiger charge is -2.32. The van der Waals surface area contributed by atoms with Crippen LogP contribution in [0.5, 0.6) is 0 Å². The van der Waals surface area contributed by atoms with E-state index in [9.17, 15) is 9.59 Å². The molecule has 1 aromatic heterocycles. The zero-order valence-electron chi connectivity index (χ0n) is 18.2. The van der Waals surface area contributed by atoms with Crippen LogP contribution >= 0.6 is 0 Å². The third kappa shape index (κ3) is 5.72. The molecule has 2 aromatic rings. The number of carbonyl (C=O) groups is 2. The standard InChI is InChI=1S/C24H32N2O4/c1-4-19(3)26(24(28)20-9-5-8-18(2)14-20)17-23(27)25(15-21-10-6-12-29-21)16-22-11-7-13-30-22/h5-6,8-10,12,14,19,22H,4,7,11,13,15-17H2,1-3H3. The molecule has 0 aliphatic carbocycles. The summed E-state index contributed by atoms with van der Waals surface area (Å²) in [5.41, 5.74) is 1.63. The predicted molar refractivity (Wildman–Crippen MR) is 115 cm³/mol. The molecule has 2 heterocycles. The van der Waals surface area contributed by atoms with Gasteiger partial charge in [0.25, 0.3) is 5.91 Å². The van der Waals surface area contributed by atoms with Gasteiger partial charge in [-0.3, -0.25) is 9.59 Å². The minimum atomic E-state index is -0.114. The highest BCUT2D eigenvalue weighted by molar-refractivity contribution is 5.96. The van der Waals surface area contributed by atoms with Gasteiger partial charge in [0.2, 0.25) is 5.91 Å². The fraction of sp³-hybridized carbons (Fsp3) is 0.500. The molecule has 2 amide bonds. The Labute approximate surface area is 178 Å². The number of hydrogen-bond donors (Lipinski definition) is 0. The molecule has 1 fully saturated rings. The highest BCUT2D eigenvalue weighted by Crippen LogP contribution is 2.18. The number of rotatable bonds is 9. The largest absolute Gasteiger partial charge is 0.467 e. The van der Waals surface area contributed by atoms with Gasteiger partial charge in [0.05, 0.1) is 18.9 Å². The first-order valence-corrected chi connectivity index (χ1v) is 10.8. The summed E-state index contributed by atoms with van der Waals surface area (Å²) in [5.74, 6) is 0.515. The van der Waals surface area contributed by atoms with Gasteiger partial charge in [0.15, 0.2) is 0 Å². The lowest BCUT2D eigenvalue weighted by molar-refractivity contribution is -0.134. The highest BCUT2D eigenvalue weighted by Gasteiger charge is 2.28. The molecule has 6 nitrogen and oxygen atoms in total. The van der Waals surface area contributed by atoms with Gasteiger partial charge in [-0.05, 0) is 57.4 Å². The Morgan fingerprint density at radius 3 is 2.70 bits per heavy atom. The van der Waals surface area contributed by atoms with Crippen molar-refractivity contribution in [2.24, 2.45) is 0 Å². The first-order chi connectivity index (χ1) is 14.5. The number of aryl methyl sites for hydroxylation is 1. The van der Waals surface area contributed by atoms with Crippen LogP contribution in [0.3, 0.4) is 0 Å². The molecule has 3 rings (SSSR count). The SMILES string of the molecule is CCC(C)N(CC(=O)N(Cc1ccco1)CC1CCCO1)C(=O)c1cccc(C)c1. The van der Waals surface area contributed by atoms with E-state index in [0.29, 0.717) is 18.7 Å². The molecule has 162 valence electrons. The van der Waals surface area contributed by atoms with Gasteiger partial charge in [-0.2, -0.15) is 0 Å². The molecule has 6 heteroatoms. The number of amides is 2. The van der Waals surface area contributed by atoms with E-state index in [2.05, 4.69) is 0 Å². The molecule has 0 bridgehead atoms. The maximum atomic E-state index is 13.3. The molecule has 0 radical (unpaired) electrons. The van der Waals surface area contributed by atoms with Crippen molar-refractivity contribution >= 4 is 11.8 Å². The fourth-order valence-corrected chi connectivity index (χ4v) is 3.72. The fourth-order valence-electron chi connectivity index (χ4n) is 3.72. The Kier molecular flexibility index (Phi) is 7.69. The second kappa shape index (κ2) is 10.4. The minimum Gasteiger partial charge on any atom is -0.467 e. The van der Waals surface area contributed by atoms with E-state index in [1.165, 1.54) is 0 Å². The summed E-state index contributed by atoms with van der Waals surface area (Å²) in [5, 5.41) is 0. The van der Waals surface area contributed by atoms with Crippen molar-refractivity contribution in [1.29, 1.82) is 0 Å². The Morgan fingerprint density at radius 2 is 2.07 bits per heavy atom. The first kappa shape index (κ1) is 22.1. The Bertz CT molecular complexity index is 827. The number of hydrogen-bond acceptors (Lipinski definition) is 4. The van der Waals surface area contributed by atoms with Gasteiger partial charge in [-0.1, -0.05) is 24.6 Å². The third-order valence-electron chi connectivity index (χ3n) is 5.68. The summed E-state index contributed by atoms with van der Waals surface area (Å²) >= 11 is 0. The maximum absolute atomic E-state index is 13.3. The summed E-state index contributed by atoms with van der Waals surface area (Å²) in [6.45, 7) is 7.62. The third-order valence-corrected chi connectivity index (χ3v) is 5.68. The molecular formula is C24H32N2O4. The predicted octanol–water partition coefficient (Wildman–Crippen LogP) is 4.04. The van der Waals surface area contributed by atoms with Crippen molar-refractivity contribution in [1.82, 2.24) is 9.80 Å². The average Bonchev–Trinajstić information content (AvgIpc) is 3.44. The summed E-state index contributed by atoms with van der Waals surface area (Å²) in [6.07, 6.45) is 4.37. The van der Waals surface area contributed by atoms with E-state index < -0.39 is 0 Å². The van der Waals surface area contributed by atoms with Crippen LogP contribution in [0.25, 0.3) is 0 Å². The van der Waals surface area contributed by atoms with Gasteiger partial charge >= 0.3 is 0 Å². The molecule has 1 aromatic carbocycles. The molecule has 1 aliphatic heterocycles. The summed E-state index contributed by atoms with van der Waals surface area (Å²) in [4.78, 5) is 30.0. The van der Waals surface area contributed by atoms with Gasteiger partial charge < -0.3 is 19.0 Å². The van der Waals surface area contributed by atoms with Crippen LogP contribution in [0.4, 0.5) is 0 Å². The second-order valence-corrected chi connectivity index (χ2v) is 8.05. The highest BCUT2D eigenvalue weighted by atomic mass is 16.5. The van der Waals surface area contributed by atoms with Gasteiger partial charge in [0, 0.05) is 24.8 Å². The first-order valence-electron chi connectivity index (χ1n) is 10.8. The van der Waals surface area contributed by atoms with Crippen LogP contribution in [-0.4, -0.2) is 53.5 Å². The van der Waals surface area contributed by atoms with Crippen molar-refractivity contribution in [3.63, 3.8) is 0 Å². The normalized spacial score (nSPS) is 17.0. The van der Waals surface area contributed by atoms with Crippen LogP contribution < -0.4 is 0 Å². The van der Waals surface area contributed by atoms with E-state index in [0.717, 1.165) is 37.2 Å². The van der Waals surface area contributed by atoms with Gasteiger partial charge in [-0.15, -0.1) is 0 Å². The van der Waals surface area contributed by atoms with Gasteiger partial charge in [-0.25, -0.2) is 0 Å². The Morgan fingerprint density at radius 1 is 1.23 bits per heavy atom. The molecule has 2 unspecified atom stereocenters. The summed E-state index contributed by atoms with van der Waals surface area (Å²) < 4.78 is 11.2. The van der Waals surface area contributed by atoms with Crippen LogP contribution in [0, 0.1) is 6.92 Å². The Balaban J connectivity index is 1.77. The van der Waals surface area contributed by atoms with E-state index >= 15 is 0 Å². The molecule has 0 spiro atoms. The number of nitrogens with zero attached hydrogens (tertiary/aromatic N) is 2. The summed E-state index contributed by atoms with van der Waals surface area (Å²) in [6, 6.07) is 11.1. The second-order valence-electron chi connectivity index (χ2n) is 8.05. The van der Waals surface area contributed by atoms with Gasteiger partial charge in [0.1, 0.15) is 12.3 Å². The molecule has 1 aliphatic rings. The zero-order valence-corrected chi connectivity index (χ0v) is 18.2. The van der Waals surface area contributed by atoms with E-state index in [1.54, 1.807) is 16.1 Å². The minimum absolute atomic E-state index is 0.0356. The Hall–Kier alpha value is -2.60. The molecule has 1 saturated heterocycles. The number of carbonyl (C=O) groups excluding carboxylic acids is 2. The van der Waals surface area contributed by atoms with E-state index in [1.807, 2.05) is 57.2 Å². The molecule has 0 saturated carbocycles. The van der Waals surface area contributed by atoms with Crippen LogP contribution in [0.1, 0.15) is 54.8 Å². The zero-order chi connectivity index (χ0) is 21.5. The van der Waals surface area contributed by atoms with Crippen LogP contribution in [0.15, 0.2) is 47.1 Å². The summed E-state index contributed by atoms with van der Waals surface area (Å²) in [7, 11) is 0. The van der Waals surface area contributed by atoms with E-state index in [-0.39, 0.29) is 30.5 Å². The van der Waals surface area contributed by atoms with Crippen molar-refractivity contribution in [2.75, 3.05) is 19.7 Å². The molecule has 30 heavy (non-hydrogen) atoms. The molecule has 0 N–H and O–H groups in total. The number of benzene rings is 1. The maximum Gasteiger partial charge on any atom is 0.254 e. The average molecular weight is 413 g/mol. The number of furan rings is 1. The van der Waals surface area contributed by atoms with Crippen molar-refractivity contribution < 1.29 is 18.7 Å². The quantitative estimate of drug-likeness (QED) is 0.624. The smallest absolute Gasteiger partial charge is 0.254 e. The van der Waals surface area contributed by atoms with Crippen LogP contribution in [-0.2, 0) is 16.1 Å². The van der Waals surface area contributed by atoms with Crippen molar-refractivity contribution in [2.45, 2.75) is 58.7 Å². The van der Waals surface area contributed by atoms with Crippen molar-refractivity contribution in [3.05, 3.63) is 59.5 Å². The molecular weight excluding hydrogens is 380 g/mol. The number of ether oxygens (including phenoxy) is 1. The monoisotopic (exact) mass is 412 g/mol. The molecule has 2 atom stereocenters. The van der Waals surface area contributed by atoms with Crippen LogP contribution in [0.2, 0.25) is 0 Å². The lowest BCUT2D eigenvalue weighted by Crippen LogP contribution is -2.47. The van der Waals surface area contributed by atoms with Crippen molar-refractivity contribution in [3.8, 4) is 0 Å². The topological polar surface area (TPSA) is 63.0 Å². The van der Waals surface area contributed by atoms with E-state index in [4.69, 9.17) is 9.15 Å². The lowest BCUT2D eigenvalue weighted by atomic mass is 10.1.